The van der Waals surface area contributed by atoms with E-state index in [4.69, 9.17) is 4.74 Å². The fourth-order valence-electron chi connectivity index (χ4n) is 2.26. The lowest BCUT2D eigenvalue weighted by Crippen LogP contribution is -2.35. The van der Waals surface area contributed by atoms with Crippen LogP contribution in [-0.4, -0.2) is 45.6 Å². The molecular formula is C11H15N5O. The van der Waals surface area contributed by atoms with Gasteiger partial charge in [0.25, 0.3) is 0 Å². The van der Waals surface area contributed by atoms with E-state index in [1.165, 1.54) is 0 Å². The molecule has 0 aromatic carbocycles. The van der Waals surface area contributed by atoms with Crippen LogP contribution in [0.1, 0.15) is 18.7 Å². The summed E-state index contributed by atoms with van der Waals surface area (Å²) < 4.78 is 7.32. The normalized spacial score (nSPS) is 24.5. The highest BCUT2D eigenvalue weighted by Crippen LogP contribution is 2.24. The molecule has 6 nitrogen and oxygen atoms in total. The van der Waals surface area contributed by atoms with Gasteiger partial charge in [0.15, 0.2) is 11.5 Å². The van der Waals surface area contributed by atoms with Crippen LogP contribution in [0.3, 0.4) is 0 Å². The van der Waals surface area contributed by atoms with Crippen molar-refractivity contribution < 1.29 is 4.74 Å². The quantitative estimate of drug-likeness (QED) is 0.821. The van der Waals surface area contributed by atoms with Gasteiger partial charge >= 0.3 is 0 Å². The zero-order valence-electron chi connectivity index (χ0n) is 9.71. The van der Waals surface area contributed by atoms with Crippen molar-refractivity contribution in [2.45, 2.75) is 18.9 Å². The Morgan fingerprint density at radius 3 is 3.29 bits per heavy atom. The number of nitrogens with zero attached hydrogens (tertiary/aromatic N) is 4. The molecule has 0 spiro atoms. The largest absolute Gasteiger partial charge is 0.379 e. The molecule has 1 fully saturated rings. The number of hydrogen-bond acceptors (Lipinski definition) is 5. The molecule has 90 valence electrons. The molecule has 2 aromatic rings. The first-order valence-corrected chi connectivity index (χ1v) is 5.87. The van der Waals surface area contributed by atoms with Crippen LogP contribution in [0.2, 0.25) is 0 Å². The van der Waals surface area contributed by atoms with E-state index in [-0.39, 0.29) is 5.92 Å². The Hall–Kier alpha value is -1.53. The van der Waals surface area contributed by atoms with Crippen molar-refractivity contribution in [1.82, 2.24) is 25.1 Å². The lowest BCUT2D eigenvalue weighted by molar-refractivity contribution is 0.187. The molecule has 1 aliphatic heterocycles. The van der Waals surface area contributed by atoms with Gasteiger partial charge < -0.3 is 10.1 Å². The first kappa shape index (κ1) is 10.6. The van der Waals surface area contributed by atoms with Crippen LogP contribution in [0.5, 0.6) is 0 Å². The SMILES string of the molecule is CCNC1COCC1c1nnc2cccnn12. The Morgan fingerprint density at radius 2 is 2.41 bits per heavy atom. The summed E-state index contributed by atoms with van der Waals surface area (Å²) in [6.07, 6.45) is 1.75. The van der Waals surface area contributed by atoms with Crippen molar-refractivity contribution >= 4 is 5.65 Å². The zero-order chi connectivity index (χ0) is 11.7. The number of rotatable bonds is 3. The molecule has 6 heteroatoms. The Bertz CT molecular complexity index is 511. The van der Waals surface area contributed by atoms with Gasteiger partial charge in [-0.1, -0.05) is 6.92 Å². The van der Waals surface area contributed by atoms with Crippen LogP contribution in [0.4, 0.5) is 0 Å². The van der Waals surface area contributed by atoms with Crippen LogP contribution in [0, 0.1) is 0 Å². The molecule has 17 heavy (non-hydrogen) atoms. The monoisotopic (exact) mass is 233 g/mol. The van der Waals surface area contributed by atoms with Gasteiger partial charge in [0, 0.05) is 12.2 Å². The van der Waals surface area contributed by atoms with Crippen molar-refractivity contribution in [3.8, 4) is 0 Å². The summed E-state index contributed by atoms with van der Waals surface area (Å²) >= 11 is 0. The molecule has 1 N–H and O–H groups in total. The fourth-order valence-corrected chi connectivity index (χ4v) is 2.26. The maximum absolute atomic E-state index is 5.52. The van der Waals surface area contributed by atoms with Gasteiger partial charge in [-0.2, -0.15) is 9.61 Å². The minimum atomic E-state index is 0.222. The maximum Gasteiger partial charge on any atom is 0.177 e. The summed E-state index contributed by atoms with van der Waals surface area (Å²) in [6, 6.07) is 4.07. The average Bonchev–Trinajstić information content (AvgIpc) is 2.95. The minimum absolute atomic E-state index is 0.222. The number of fused-ring (bicyclic) bond motifs is 1. The number of hydrogen-bond donors (Lipinski definition) is 1. The Kier molecular flexibility index (Phi) is 2.74. The zero-order valence-corrected chi connectivity index (χ0v) is 9.71. The van der Waals surface area contributed by atoms with Crippen molar-refractivity contribution in [2.75, 3.05) is 19.8 Å². The number of aromatic nitrogens is 4. The number of nitrogens with one attached hydrogen (secondary N) is 1. The molecule has 2 unspecified atom stereocenters. The van der Waals surface area contributed by atoms with Gasteiger partial charge in [-0.3, -0.25) is 0 Å². The predicted molar refractivity (Wildman–Crippen MR) is 61.8 cm³/mol. The molecule has 1 saturated heterocycles. The van der Waals surface area contributed by atoms with Gasteiger partial charge in [-0.25, -0.2) is 0 Å². The topological polar surface area (TPSA) is 64.3 Å². The second-order valence-corrected chi connectivity index (χ2v) is 4.16. The summed E-state index contributed by atoms with van der Waals surface area (Å²) in [5.41, 5.74) is 0.782. The van der Waals surface area contributed by atoms with Crippen LogP contribution in [0.15, 0.2) is 18.3 Å². The molecule has 0 aliphatic carbocycles. The second kappa shape index (κ2) is 4.38. The van der Waals surface area contributed by atoms with E-state index in [1.807, 2.05) is 12.1 Å². The molecular weight excluding hydrogens is 218 g/mol. The third-order valence-corrected chi connectivity index (χ3v) is 3.08. The van der Waals surface area contributed by atoms with Crippen LogP contribution < -0.4 is 5.32 Å². The van der Waals surface area contributed by atoms with Crippen molar-refractivity contribution in [1.29, 1.82) is 0 Å². The third-order valence-electron chi connectivity index (χ3n) is 3.08. The molecule has 2 aromatic heterocycles. The van der Waals surface area contributed by atoms with Gasteiger partial charge in [-0.15, -0.1) is 10.2 Å². The first-order valence-electron chi connectivity index (χ1n) is 5.87. The highest BCUT2D eigenvalue weighted by molar-refractivity contribution is 5.35. The van der Waals surface area contributed by atoms with Crippen molar-refractivity contribution in [3.05, 3.63) is 24.2 Å². The van der Waals surface area contributed by atoms with E-state index in [1.54, 1.807) is 10.7 Å². The smallest absolute Gasteiger partial charge is 0.177 e. The molecule has 0 amide bonds. The highest BCUT2D eigenvalue weighted by atomic mass is 16.5. The standard InChI is InChI=1S/C11H15N5O/c1-2-12-9-7-17-6-8(9)11-15-14-10-4-3-5-13-16(10)11/h3-5,8-9,12H,2,6-7H2,1H3. The molecule has 0 saturated carbocycles. The van der Waals surface area contributed by atoms with E-state index < -0.39 is 0 Å². The Labute approximate surface area is 99.0 Å². The summed E-state index contributed by atoms with van der Waals surface area (Å²) in [5.74, 6) is 1.10. The lowest BCUT2D eigenvalue weighted by atomic mass is 10.0. The van der Waals surface area contributed by atoms with E-state index in [0.717, 1.165) is 24.6 Å². The highest BCUT2D eigenvalue weighted by Gasteiger charge is 2.32. The first-order chi connectivity index (χ1) is 8.40. The summed E-state index contributed by atoms with van der Waals surface area (Å²) in [5, 5.41) is 16.1. The lowest BCUT2D eigenvalue weighted by Gasteiger charge is -2.15. The van der Waals surface area contributed by atoms with Crippen molar-refractivity contribution in [3.63, 3.8) is 0 Å². The summed E-state index contributed by atoms with van der Waals surface area (Å²) in [7, 11) is 0. The van der Waals surface area contributed by atoms with Gasteiger partial charge in [0.05, 0.1) is 19.1 Å². The number of ether oxygens (including phenoxy) is 1. The van der Waals surface area contributed by atoms with E-state index in [0.29, 0.717) is 12.6 Å². The average molecular weight is 233 g/mol. The third kappa shape index (κ3) is 1.79. The van der Waals surface area contributed by atoms with E-state index in [9.17, 15) is 0 Å². The predicted octanol–water partition coefficient (Wildman–Crippen LogP) is 0.216. The Morgan fingerprint density at radius 1 is 1.47 bits per heavy atom. The Balaban J connectivity index is 1.97. The van der Waals surface area contributed by atoms with Crippen LogP contribution >= 0.6 is 0 Å². The minimum Gasteiger partial charge on any atom is -0.379 e. The maximum atomic E-state index is 5.52. The fraction of sp³-hybridized carbons (Fsp3) is 0.545. The molecule has 3 heterocycles. The molecule has 3 rings (SSSR count). The number of likely N-dealkylation sites (N-methyl/N-ethyl adjacent to an activating group) is 1. The second-order valence-electron chi connectivity index (χ2n) is 4.16. The van der Waals surface area contributed by atoms with E-state index >= 15 is 0 Å². The van der Waals surface area contributed by atoms with E-state index in [2.05, 4.69) is 27.5 Å². The van der Waals surface area contributed by atoms with Gasteiger partial charge in [0.1, 0.15) is 0 Å². The van der Waals surface area contributed by atoms with Crippen molar-refractivity contribution in [2.24, 2.45) is 0 Å². The van der Waals surface area contributed by atoms with Gasteiger partial charge in [-0.05, 0) is 18.7 Å². The molecule has 2 atom stereocenters. The molecule has 0 bridgehead atoms. The summed E-state index contributed by atoms with van der Waals surface area (Å²) in [4.78, 5) is 0. The van der Waals surface area contributed by atoms with Crippen LogP contribution in [0.25, 0.3) is 5.65 Å². The molecule has 1 aliphatic rings. The van der Waals surface area contributed by atoms with Gasteiger partial charge in [0.2, 0.25) is 0 Å². The molecule has 0 radical (unpaired) electrons. The summed E-state index contributed by atoms with van der Waals surface area (Å²) in [6.45, 7) is 4.42. The van der Waals surface area contributed by atoms with Crippen LogP contribution in [-0.2, 0) is 4.74 Å².